The Morgan fingerprint density at radius 2 is 1.79 bits per heavy atom. The minimum atomic E-state index is -0.606. The molecule has 2 aromatic carbocycles. The van der Waals surface area contributed by atoms with E-state index in [9.17, 15) is 9.18 Å². The Labute approximate surface area is 144 Å². The summed E-state index contributed by atoms with van der Waals surface area (Å²) in [6.07, 6.45) is 0.677. The van der Waals surface area contributed by atoms with Gasteiger partial charge in [-0.25, -0.2) is 4.39 Å². The Kier molecular flexibility index (Phi) is 4.62. The van der Waals surface area contributed by atoms with Crippen molar-refractivity contribution < 1.29 is 18.7 Å². The van der Waals surface area contributed by atoms with Crippen LogP contribution in [0.15, 0.2) is 30.3 Å². The van der Waals surface area contributed by atoms with Crippen LogP contribution >= 0.6 is 11.6 Å². The van der Waals surface area contributed by atoms with Crippen molar-refractivity contribution in [2.45, 2.75) is 13.0 Å². The highest BCUT2D eigenvalue weighted by Crippen LogP contribution is 2.33. The highest BCUT2D eigenvalue weighted by molar-refractivity contribution is 6.30. The van der Waals surface area contributed by atoms with E-state index in [1.807, 2.05) is 12.1 Å². The zero-order valence-electron chi connectivity index (χ0n) is 13.4. The lowest BCUT2D eigenvalue weighted by Gasteiger charge is -2.29. The number of carbonyl (C=O) groups excluding carboxylic acids is 1. The summed E-state index contributed by atoms with van der Waals surface area (Å²) in [7, 11) is 3.16. The molecule has 24 heavy (non-hydrogen) atoms. The van der Waals surface area contributed by atoms with Crippen LogP contribution in [0.4, 0.5) is 4.39 Å². The van der Waals surface area contributed by atoms with Crippen LogP contribution in [0.5, 0.6) is 11.5 Å². The Morgan fingerprint density at radius 1 is 1.12 bits per heavy atom. The zero-order valence-corrected chi connectivity index (χ0v) is 14.2. The second-order valence-corrected chi connectivity index (χ2v) is 6.01. The summed E-state index contributed by atoms with van der Waals surface area (Å²) < 4.78 is 24.6. The first-order valence-corrected chi connectivity index (χ1v) is 7.89. The number of halogens is 2. The number of amides is 1. The molecule has 126 valence electrons. The Morgan fingerprint density at radius 3 is 2.42 bits per heavy atom. The van der Waals surface area contributed by atoms with E-state index in [0.717, 1.165) is 17.2 Å². The Hall–Kier alpha value is -2.27. The number of benzene rings is 2. The lowest BCUT2D eigenvalue weighted by atomic mass is 9.98. The van der Waals surface area contributed by atoms with Crippen molar-refractivity contribution in [3.63, 3.8) is 0 Å². The maximum Gasteiger partial charge on any atom is 0.257 e. The number of ether oxygens (including phenoxy) is 2. The van der Waals surface area contributed by atoms with Gasteiger partial charge in [-0.3, -0.25) is 4.79 Å². The van der Waals surface area contributed by atoms with Crippen LogP contribution in [0.3, 0.4) is 0 Å². The lowest BCUT2D eigenvalue weighted by Crippen LogP contribution is -2.36. The molecule has 1 heterocycles. The SMILES string of the molecule is COc1cc2c(cc1OC)CN(C(=O)c1ccc(Cl)cc1F)CC2. The average Bonchev–Trinajstić information content (AvgIpc) is 2.59. The van der Waals surface area contributed by atoms with Crippen molar-refractivity contribution in [1.82, 2.24) is 4.90 Å². The van der Waals surface area contributed by atoms with Crippen molar-refractivity contribution >= 4 is 17.5 Å². The standard InChI is InChI=1S/C18H17ClFNO3/c1-23-16-7-11-5-6-21(10-12(11)8-17(16)24-2)18(22)14-4-3-13(19)9-15(14)20/h3-4,7-9H,5-6,10H2,1-2H3. The molecule has 0 bridgehead atoms. The zero-order chi connectivity index (χ0) is 17.3. The smallest absolute Gasteiger partial charge is 0.257 e. The first-order chi connectivity index (χ1) is 11.5. The fourth-order valence-corrected chi connectivity index (χ4v) is 3.05. The average molecular weight is 350 g/mol. The summed E-state index contributed by atoms with van der Waals surface area (Å²) in [5.74, 6) is 0.332. The summed E-state index contributed by atoms with van der Waals surface area (Å²) in [6.45, 7) is 0.917. The van der Waals surface area contributed by atoms with E-state index >= 15 is 0 Å². The molecule has 0 aromatic heterocycles. The fourth-order valence-electron chi connectivity index (χ4n) is 2.89. The molecule has 0 unspecified atom stereocenters. The summed E-state index contributed by atoms with van der Waals surface area (Å²) in [5, 5.41) is 0.268. The van der Waals surface area contributed by atoms with Crippen LogP contribution in [0.1, 0.15) is 21.5 Å². The topological polar surface area (TPSA) is 38.8 Å². The van der Waals surface area contributed by atoms with E-state index in [0.29, 0.717) is 31.0 Å². The van der Waals surface area contributed by atoms with Gasteiger partial charge in [-0.05, 0) is 47.9 Å². The molecule has 1 amide bonds. The van der Waals surface area contributed by atoms with Gasteiger partial charge in [0.05, 0.1) is 19.8 Å². The van der Waals surface area contributed by atoms with Gasteiger partial charge in [-0.15, -0.1) is 0 Å². The van der Waals surface area contributed by atoms with E-state index in [1.165, 1.54) is 12.1 Å². The highest BCUT2D eigenvalue weighted by atomic mass is 35.5. The van der Waals surface area contributed by atoms with Crippen molar-refractivity contribution in [1.29, 1.82) is 0 Å². The minimum absolute atomic E-state index is 0.0309. The fraction of sp³-hybridized carbons (Fsp3) is 0.278. The van der Waals surface area contributed by atoms with Crippen LogP contribution < -0.4 is 9.47 Å². The third kappa shape index (κ3) is 3.04. The van der Waals surface area contributed by atoms with Gasteiger partial charge in [0.15, 0.2) is 11.5 Å². The molecule has 0 saturated carbocycles. The van der Waals surface area contributed by atoms with Gasteiger partial charge in [0.1, 0.15) is 5.82 Å². The third-order valence-corrected chi connectivity index (χ3v) is 4.40. The maximum absolute atomic E-state index is 14.0. The molecule has 0 N–H and O–H groups in total. The number of hydrogen-bond acceptors (Lipinski definition) is 3. The molecule has 6 heteroatoms. The minimum Gasteiger partial charge on any atom is -0.493 e. The lowest BCUT2D eigenvalue weighted by molar-refractivity contribution is 0.0729. The van der Waals surface area contributed by atoms with Gasteiger partial charge >= 0.3 is 0 Å². The molecule has 0 aliphatic carbocycles. The van der Waals surface area contributed by atoms with Gasteiger partial charge < -0.3 is 14.4 Å². The second-order valence-electron chi connectivity index (χ2n) is 5.58. The predicted molar refractivity (Wildman–Crippen MR) is 89.4 cm³/mol. The summed E-state index contributed by atoms with van der Waals surface area (Å²) in [4.78, 5) is 14.2. The third-order valence-electron chi connectivity index (χ3n) is 4.17. The van der Waals surface area contributed by atoms with E-state index in [4.69, 9.17) is 21.1 Å². The molecule has 1 aliphatic heterocycles. The molecule has 0 spiro atoms. The molecular weight excluding hydrogens is 333 g/mol. The molecule has 0 atom stereocenters. The van der Waals surface area contributed by atoms with Crippen molar-refractivity contribution in [3.05, 3.63) is 57.9 Å². The largest absolute Gasteiger partial charge is 0.493 e. The monoisotopic (exact) mass is 349 g/mol. The van der Waals surface area contributed by atoms with Gasteiger partial charge in [-0.1, -0.05) is 11.6 Å². The van der Waals surface area contributed by atoms with E-state index in [2.05, 4.69) is 0 Å². The van der Waals surface area contributed by atoms with E-state index < -0.39 is 5.82 Å². The maximum atomic E-state index is 14.0. The van der Waals surface area contributed by atoms with Gasteiger partial charge in [-0.2, -0.15) is 0 Å². The molecule has 2 aromatic rings. The molecule has 4 nitrogen and oxygen atoms in total. The molecule has 0 radical (unpaired) electrons. The molecule has 0 saturated heterocycles. The van der Waals surface area contributed by atoms with E-state index in [1.54, 1.807) is 19.1 Å². The van der Waals surface area contributed by atoms with Crippen LogP contribution in [0.2, 0.25) is 5.02 Å². The first-order valence-electron chi connectivity index (χ1n) is 7.51. The second kappa shape index (κ2) is 6.69. The summed E-state index contributed by atoms with van der Waals surface area (Å²) >= 11 is 5.75. The quantitative estimate of drug-likeness (QED) is 0.848. The predicted octanol–water partition coefficient (Wildman–Crippen LogP) is 3.69. The van der Waals surface area contributed by atoms with Crippen LogP contribution in [0, 0.1) is 5.82 Å². The van der Waals surface area contributed by atoms with Gasteiger partial charge in [0.25, 0.3) is 5.91 Å². The number of methoxy groups -OCH3 is 2. The molecule has 3 rings (SSSR count). The Balaban J connectivity index is 1.88. The number of nitrogens with zero attached hydrogens (tertiary/aromatic N) is 1. The number of carbonyl (C=O) groups is 1. The van der Waals surface area contributed by atoms with Crippen molar-refractivity contribution in [2.75, 3.05) is 20.8 Å². The van der Waals surface area contributed by atoms with Crippen molar-refractivity contribution in [2.24, 2.45) is 0 Å². The summed E-state index contributed by atoms with van der Waals surface area (Å²) in [6, 6.07) is 7.89. The van der Waals surface area contributed by atoms with Gasteiger partial charge in [0, 0.05) is 18.1 Å². The molecule has 1 aliphatic rings. The summed E-state index contributed by atoms with van der Waals surface area (Å²) in [5.41, 5.74) is 2.11. The molecule has 0 fully saturated rings. The first kappa shape index (κ1) is 16.6. The molecular formula is C18H17ClFNO3. The van der Waals surface area contributed by atoms with Crippen LogP contribution in [-0.2, 0) is 13.0 Å². The number of fused-ring (bicyclic) bond motifs is 1. The highest BCUT2D eigenvalue weighted by Gasteiger charge is 2.25. The van der Waals surface area contributed by atoms with Gasteiger partial charge in [0.2, 0.25) is 0 Å². The van der Waals surface area contributed by atoms with E-state index in [-0.39, 0.29) is 16.5 Å². The normalized spacial score (nSPS) is 13.4. The van der Waals surface area contributed by atoms with Crippen LogP contribution in [0.25, 0.3) is 0 Å². The number of rotatable bonds is 3. The van der Waals surface area contributed by atoms with Crippen molar-refractivity contribution in [3.8, 4) is 11.5 Å². The number of hydrogen-bond donors (Lipinski definition) is 0. The van der Waals surface area contributed by atoms with Crippen LogP contribution in [-0.4, -0.2) is 31.6 Å². The Bertz CT molecular complexity index is 794.